The van der Waals surface area contributed by atoms with Crippen molar-refractivity contribution in [3.63, 3.8) is 0 Å². The lowest BCUT2D eigenvalue weighted by Crippen LogP contribution is -1.93. The normalized spacial score (nSPS) is 10.6. The number of ether oxygens (including phenoxy) is 1. The summed E-state index contributed by atoms with van der Waals surface area (Å²) in [6.45, 7) is 4.68. The van der Waals surface area contributed by atoms with Crippen molar-refractivity contribution < 1.29 is 9.15 Å². The average Bonchev–Trinajstić information content (AvgIpc) is 2.58. The molecule has 0 aliphatic carbocycles. The Balaban J connectivity index is 2.59. The summed E-state index contributed by atoms with van der Waals surface area (Å²) in [6, 6.07) is 5.95. The van der Waals surface area contributed by atoms with Crippen molar-refractivity contribution in [3.05, 3.63) is 30.0 Å². The zero-order chi connectivity index (χ0) is 9.26. The largest absolute Gasteiger partial charge is 0.493 e. The highest BCUT2D eigenvalue weighted by Crippen LogP contribution is 2.27. The van der Waals surface area contributed by atoms with Crippen molar-refractivity contribution in [2.75, 3.05) is 6.61 Å². The lowest BCUT2D eigenvalue weighted by molar-refractivity contribution is 0.338. The van der Waals surface area contributed by atoms with E-state index < -0.39 is 0 Å². The first kappa shape index (κ1) is 8.17. The molecule has 0 unspecified atom stereocenters. The number of aryl methyl sites for hydroxylation is 1. The van der Waals surface area contributed by atoms with Gasteiger partial charge in [0.25, 0.3) is 0 Å². The van der Waals surface area contributed by atoms with E-state index in [-0.39, 0.29) is 0 Å². The minimum atomic E-state index is 0.688. The van der Waals surface area contributed by atoms with E-state index in [4.69, 9.17) is 9.15 Å². The lowest BCUT2D eigenvalue weighted by Gasteiger charge is -2.06. The number of furan rings is 1. The number of fused-ring (bicyclic) bond motifs is 1. The summed E-state index contributed by atoms with van der Waals surface area (Å²) >= 11 is 0. The molecule has 1 heterocycles. The summed E-state index contributed by atoms with van der Waals surface area (Å²) in [7, 11) is 0. The molecule has 0 fully saturated rings. The van der Waals surface area contributed by atoms with Crippen molar-refractivity contribution in [1.29, 1.82) is 0 Å². The van der Waals surface area contributed by atoms with Crippen molar-refractivity contribution in [2.24, 2.45) is 0 Å². The molecule has 0 saturated heterocycles. The van der Waals surface area contributed by atoms with Gasteiger partial charge in [0.1, 0.15) is 11.3 Å². The van der Waals surface area contributed by atoms with Gasteiger partial charge >= 0.3 is 0 Å². The van der Waals surface area contributed by atoms with Crippen LogP contribution >= 0.6 is 0 Å². The maximum Gasteiger partial charge on any atom is 0.140 e. The van der Waals surface area contributed by atoms with E-state index in [0.717, 1.165) is 22.3 Å². The summed E-state index contributed by atoms with van der Waals surface area (Å²) in [5.74, 6) is 0.907. The second-order valence-corrected chi connectivity index (χ2v) is 2.96. The fourth-order valence-corrected chi connectivity index (χ4v) is 1.47. The van der Waals surface area contributed by atoms with Crippen LogP contribution in [0.15, 0.2) is 28.9 Å². The van der Waals surface area contributed by atoms with E-state index in [1.54, 1.807) is 6.26 Å². The lowest BCUT2D eigenvalue weighted by atomic mass is 10.1. The molecule has 0 N–H and O–H groups in total. The number of hydrogen-bond acceptors (Lipinski definition) is 2. The Bertz CT molecular complexity index is 415. The Morgan fingerprint density at radius 2 is 2.15 bits per heavy atom. The molecule has 0 atom stereocenters. The van der Waals surface area contributed by atoms with Gasteiger partial charge in [-0.25, -0.2) is 0 Å². The molecule has 0 saturated carbocycles. The van der Waals surface area contributed by atoms with Crippen molar-refractivity contribution in [2.45, 2.75) is 13.8 Å². The Morgan fingerprint density at radius 3 is 2.92 bits per heavy atom. The second kappa shape index (κ2) is 3.13. The Labute approximate surface area is 77.1 Å². The highest BCUT2D eigenvalue weighted by molar-refractivity contribution is 5.82. The zero-order valence-corrected chi connectivity index (χ0v) is 7.83. The topological polar surface area (TPSA) is 22.4 Å². The molecule has 0 bridgehead atoms. The first-order valence-corrected chi connectivity index (χ1v) is 4.42. The molecular weight excluding hydrogens is 164 g/mol. The number of hydrogen-bond donors (Lipinski definition) is 0. The van der Waals surface area contributed by atoms with E-state index >= 15 is 0 Å². The van der Waals surface area contributed by atoms with Crippen LogP contribution in [0.5, 0.6) is 5.75 Å². The molecule has 0 aliphatic rings. The third-order valence-corrected chi connectivity index (χ3v) is 2.12. The summed E-state index contributed by atoms with van der Waals surface area (Å²) in [5.41, 5.74) is 2.00. The van der Waals surface area contributed by atoms with E-state index in [9.17, 15) is 0 Å². The van der Waals surface area contributed by atoms with Crippen LogP contribution in [0, 0.1) is 6.92 Å². The molecule has 2 rings (SSSR count). The first-order valence-electron chi connectivity index (χ1n) is 4.42. The van der Waals surface area contributed by atoms with Crippen LogP contribution in [0.25, 0.3) is 11.0 Å². The quantitative estimate of drug-likeness (QED) is 0.701. The second-order valence-electron chi connectivity index (χ2n) is 2.96. The molecule has 0 spiro atoms. The molecule has 2 heteroatoms. The highest BCUT2D eigenvalue weighted by Gasteiger charge is 2.05. The minimum Gasteiger partial charge on any atom is -0.493 e. The maximum absolute atomic E-state index is 5.45. The maximum atomic E-state index is 5.45. The van der Waals surface area contributed by atoms with E-state index in [1.165, 1.54) is 0 Å². The SMILES string of the molecule is CCOc1ccc2ccoc2c1C. The molecule has 13 heavy (non-hydrogen) atoms. The smallest absolute Gasteiger partial charge is 0.140 e. The van der Waals surface area contributed by atoms with Gasteiger partial charge in [0.05, 0.1) is 12.9 Å². The van der Waals surface area contributed by atoms with Crippen LogP contribution in [0.2, 0.25) is 0 Å². The fraction of sp³-hybridized carbons (Fsp3) is 0.273. The van der Waals surface area contributed by atoms with Crippen LogP contribution < -0.4 is 4.74 Å². The molecule has 0 radical (unpaired) electrons. The standard InChI is InChI=1S/C11H12O2/c1-3-12-10-5-4-9-6-7-13-11(9)8(10)2/h4-7H,3H2,1-2H3. The van der Waals surface area contributed by atoms with Crippen LogP contribution in [0.3, 0.4) is 0 Å². The fourth-order valence-electron chi connectivity index (χ4n) is 1.47. The van der Waals surface area contributed by atoms with E-state index in [1.807, 2.05) is 32.0 Å². The van der Waals surface area contributed by atoms with Crippen molar-refractivity contribution in [3.8, 4) is 5.75 Å². The Morgan fingerprint density at radius 1 is 1.31 bits per heavy atom. The third kappa shape index (κ3) is 1.28. The first-order chi connectivity index (χ1) is 6.33. The molecule has 0 aliphatic heterocycles. The number of rotatable bonds is 2. The summed E-state index contributed by atoms with van der Waals surface area (Å²) in [4.78, 5) is 0. The third-order valence-electron chi connectivity index (χ3n) is 2.12. The predicted octanol–water partition coefficient (Wildman–Crippen LogP) is 3.14. The highest BCUT2D eigenvalue weighted by atomic mass is 16.5. The molecule has 1 aromatic carbocycles. The van der Waals surface area contributed by atoms with Gasteiger partial charge in [0.2, 0.25) is 0 Å². The minimum absolute atomic E-state index is 0.688. The van der Waals surface area contributed by atoms with Gasteiger partial charge in [-0.2, -0.15) is 0 Å². The van der Waals surface area contributed by atoms with Gasteiger partial charge in [0, 0.05) is 10.9 Å². The van der Waals surface area contributed by atoms with Crippen LogP contribution in [-0.4, -0.2) is 6.61 Å². The molecule has 1 aromatic heterocycles. The molecule has 2 aromatic rings. The number of benzene rings is 1. The van der Waals surface area contributed by atoms with E-state index in [2.05, 4.69) is 0 Å². The van der Waals surface area contributed by atoms with Gasteiger partial charge < -0.3 is 9.15 Å². The summed E-state index contributed by atoms with van der Waals surface area (Å²) in [6.07, 6.45) is 1.70. The van der Waals surface area contributed by atoms with Gasteiger partial charge in [-0.1, -0.05) is 0 Å². The Kier molecular flexibility index (Phi) is 1.97. The van der Waals surface area contributed by atoms with Gasteiger partial charge in [-0.15, -0.1) is 0 Å². The van der Waals surface area contributed by atoms with Crippen molar-refractivity contribution >= 4 is 11.0 Å². The monoisotopic (exact) mass is 176 g/mol. The molecule has 68 valence electrons. The van der Waals surface area contributed by atoms with Crippen molar-refractivity contribution in [1.82, 2.24) is 0 Å². The van der Waals surface area contributed by atoms with Gasteiger partial charge in [-0.3, -0.25) is 0 Å². The molecule has 2 nitrogen and oxygen atoms in total. The van der Waals surface area contributed by atoms with Gasteiger partial charge in [0.15, 0.2) is 0 Å². The summed E-state index contributed by atoms with van der Waals surface area (Å²) in [5, 5.41) is 1.13. The van der Waals surface area contributed by atoms with Gasteiger partial charge in [-0.05, 0) is 32.0 Å². The zero-order valence-electron chi connectivity index (χ0n) is 7.83. The predicted molar refractivity (Wildman–Crippen MR) is 52.1 cm³/mol. The van der Waals surface area contributed by atoms with E-state index in [0.29, 0.717) is 6.61 Å². The van der Waals surface area contributed by atoms with Crippen LogP contribution in [0.1, 0.15) is 12.5 Å². The van der Waals surface area contributed by atoms with Crippen LogP contribution in [-0.2, 0) is 0 Å². The molecule has 0 amide bonds. The average molecular weight is 176 g/mol. The Hall–Kier alpha value is -1.44. The molecular formula is C11H12O2. The van der Waals surface area contributed by atoms with Crippen LogP contribution in [0.4, 0.5) is 0 Å². The summed E-state index contributed by atoms with van der Waals surface area (Å²) < 4.78 is 10.8.